The molecule has 0 aliphatic rings. The van der Waals surface area contributed by atoms with Crippen molar-refractivity contribution in [2.75, 3.05) is 5.32 Å². The van der Waals surface area contributed by atoms with Crippen LogP contribution in [0.2, 0.25) is 15.1 Å². The highest BCUT2D eigenvalue weighted by molar-refractivity contribution is 6.36. The second kappa shape index (κ2) is 7.99. The van der Waals surface area contributed by atoms with Crippen molar-refractivity contribution in [2.45, 2.75) is 12.8 Å². The van der Waals surface area contributed by atoms with Crippen LogP contribution in [0.5, 0.6) is 5.75 Å². The van der Waals surface area contributed by atoms with Crippen LogP contribution in [0.1, 0.15) is 12.3 Å². The van der Waals surface area contributed by atoms with E-state index in [9.17, 15) is 9.90 Å². The normalized spacial score (nSPS) is 10.7. The number of hydrogen-bond acceptors (Lipinski definition) is 4. The van der Waals surface area contributed by atoms with Crippen molar-refractivity contribution in [2.24, 2.45) is 0 Å². The number of benzene rings is 2. The van der Waals surface area contributed by atoms with Crippen LogP contribution >= 0.6 is 34.8 Å². The molecule has 0 fully saturated rings. The molecule has 8 heteroatoms. The molecule has 0 radical (unpaired) electrons. The summed E-state index contributed by atoms with van der Waals surface area (Å²) in [5.74, 6) is 0.538. The number of phenolic OH excluding ortho intramolecular Hbond substituents is 1. The van der Waals surface area contributed by atoms with Crippen molar-refractivity contribution >= 4 is 46.4 Å². The number of hydrogen-bond donors (Lipinski definition) is 2. The molecule has 2 N–H and O–H groups in total. The molecular formula is C18H13Cl3N2O3. The Bertz CT molecular complexity index is 957. The first-order valence-corrected chi connectivity index (χ1v) is 8.74. The summed E-state index contributed by atoms with van der Waals surface area (Å²) < 4.78 is 5.64. The van der Waals surface area contributed by atoms with Crippen molar-refractivity contribution < 1.29 is 14.3 Å². The zero-order valence-corrected chi connectivity index (χ0v) is 15.6. The molecule has 26 heavy (non-hydrogen) atoms. The minimum atomic E-state index is -0.299. The standard InChI is InChI=1S/C18H13Cl3N2O3/c19-10-1-3-12(13(21)7-10)16-9-22-18(26-16)6-5-17(25)23-14-8-11(20)2-4-15(14)24/h1-4,7-9,24H,5-6H2,(H,23,25). The number of nitrogens with zero attached hydrogens (tertiary/aromatic N) is 1. The van der Waals surface area contributed by atoms with Gasteiger partial charge >= 0.3 is 0 Å². The van der Waals surface area contributed by atoms with Gasteiger partial charge in [0.15, 0.2) is 11.7 Å². The maximum absolute atomic E-state index is 12.0. The van der Waals surface area contributed by atoms with Crippen molar-refractivity contribution in [1.29, 1.82) is 0 Å². The third-order valence-corrected chi connectivity index (χ3v) is 4.33. The number of aryl methyl sites for hydroxylation is 1. The highest BCUT2D eigenvalue weighted by atomic mass is 35.5. The number of aromatic nitrogens is 1. The smallest absolute Gasteiger partial charge is 0.224 e. The molecule has 0 aliphatic carbocycles. The van der Waals surface area contributed by atoms with Crippen LogP contribution in [-0.2, 0) is 11.2 Å². The lowest BCUT2D eigenvalue weighted by molar-refractivity contribution is -0.116. The van der Waals surface area contributed by atoms with E-state index in [1.165, 1.54) is 18.2 Å². The summed E-state index contributed by atoms with van der Waals surface area (Å²) >= 11 is 17.9. The van der Waals surface area contributed by atoms with Gasteiger partial charge < -0.3 is 14.8 Å². The largest absolute Gasteiger partial charge is 0.506 e. The van der Waals surface area contributed by atoms with Gasteiger partial charge in [0, 0.05) is 28.5 Å². The monoisotopic (exact) mass is 410 g/mol. The van der Waals surface area contributed by atoms with Gasteiger partial charge in [-0.1, -0.05) is 34.8 Å². The van der Waals surface area contributed by atoms with E-state index in [2.05, 4.69) is 10.3 Å². The average Bonchev–Trinajstić information content (AvgIpc) is 3.05. The van der Waals surface area contributed by atoms with Crippen molar-refractivity contribution in [3.63, 3.8) is 0 Å². The van der Waals surface area contributed by atoms with Crippen LogP contribution in [0, 0.1) is 0 Å². The van der Waals surface area contributed by atoms with Crippen LogP contribution in [0.25, 0.3) is 11.3 Å². The van der Waals surface area contributed by atoms with Crippen molar-refractivity contribution in [3.05, 3.63) is 63.6 Å². The quantitative estimate of drug-likeness (QED) is 0.537. The summed E-state index contributed by atoms with van der Waals surface area (Å²) in [5, 5.41) is 13.7. The van der Waals surface area contributed by atoms with Gasteiger partial charge in [0.2, 0.25) is 5.91 Å². The first-order chi connectivity index (χ1) is 12.4. The summed E-state index contributed by atoms with van der Waals surface area (Å²) in [7, 11) is 0. The Balaban J connectivity index is 1.62. The second-order valence-corrected chi connectivity index (χ2v) is 6.73. The van der Waals surface area contributed by atoms with Crippen LogP contribution in [0.4, 0.5) is 5.69 Å². The Hall–Kier alpha value is -2.21. The molecule has 2 aromatic carbocycles. The van der Waals surface area contributed by atoms with E-state index < -0.39 is 0 Å². The fourth-order valence-corrected chi connectivity index (χ4v) is 2.95. The number of phenols is 1. The summed E-state index contributed by atoms with van der Waals surface area (Å²) in [6.45, 7) is 0. The molecule has 3 rings (SSSR count). The Kier molecular flexibility index (Phi) is 5.71. The van der Waals surface area contributed by atoms with Crippen molar-refractivity contribution in [3.8, 4) is 17.1 Å². The highest BCUT2D eigenvalue weighted by Gasteiger charge is 2.13. The van der Waals surface area contributed by atoms with Gasteiger partial charge in [-0.3, -0.25) is 4.79 Å². The zero-order chi connectivity index (χ0) is 18.7. The van der Waals surface area contributed by atoms with Crippen LogP contribution in [0.15, 0.2) is 47.0 Å². The summed E-state index contributed by atoms with van der Waals surface area (Å²) in [6.07, 6.45) is 1.96. The minimum absolute atomic E-state index is 0.0569. The van der Waals surface area contributed by atoms with Gasteiger partial charge in [-0.05, 0) is 36.4 Å². The number of rotatable bonds is 5. The Labute approximate surface area is 164 Å². The Morgan fingerprint density at radius 1 is 1.12 bits per heavy atom. The number of anilines is 1. The van der Waals surface area contributed by atoms with Gasteiger partial charge in [0.1, 0.15) is 5.75 Å². The maximum atomic E-state index is 12.0. The molecule has 1 amide bonds. The summed E-state index contributed by atoms with van der Waals surface area (Å²) in [4.78, 5) is 16.2. The lowest BCUT2D eigenvalue weighted by Gasteiger charge is -2.07. The molecule has 0 saturated heterocycles. The molecule has 0 atom stereocenters. The molecule has 3 aromatic rings. The third-order valence-electron chi connectivity index (χ3n) is 3.55. The lowest BCUT2D eigenvalue weighted by atomic mass is 10.2. The molecule has 0 bridgehead atoms. The number of amides is 1. The average molecular weight is 412 g/mol. The SMILES string of the molecule is O=C(CCc1ncc(-c2ccc(Cl)cc2Cl)o1)Nc1cc(Cl)ccc1O. The molecule has 134 valence electrons. The second-order valence-electron chi connectivity index (χ2n) is 5.45. The minimum Gasteiger partial charge on any atom is -0.506 e. The molecule has 0 spiro atoms. The van der Waals surface area contributed by atoms with Gasteiger partial charge in [-0.25, -0.2) is 4.98 Å². The number of aromatic hydroxyl groups is 1. The summed E-state index contributed by atoms with van der Waals surface area (Å²) in [6, 6.07) is 9.47. The summed E-state index contributed by atoms with van der Waals surface area (Å²) in [5.41, 5.74) is 0.923. The molecule has 1 aromatic heterocycles. The number of carbonyl (C=O) groups is 1. The van der Waals surface area contributed by atoms with Crippen LogP contribution in [0.3, 0.4) is 0 Å². The predicted molar refractivity (Wildman–Crippen MR) is 102 cm³/mol. The molecular weight excluding hydrogens is 399 g/mol. The van der Waals surface area contributed by atoms with E-state index >= 15 is 0 Å². The highest BCUT2D eigenvalue weighted by Crippen LogP contribution is 2.31. The number of nitrogens with one attached hydrogen (secondary N) is 1. The van der Waals surface area contributed by atoms with Gasteiger partial charge in [0.25, 0.3) is 0 Å². The first kappa shape index (κ1) is 18.6. The maximum Gasteiger partial charge on any atom is 0.224 e. The lowest BCUT2D eigenvalue weighted by Crippen LogP contribution is -2.12. The molecule has 0 aliphatic heterocycles. The Morgan fingerprint density at radius 3 is 2.62 bits per heavy atom. The molecule has 0 unspecified atom stereocenters. The zero-order valence-electron chi connectivity index (χ0n) is 13.3. The van der Waals surface area contributed by atoms with Crippen LogP contribution < -0.4 is 5.32 Å². The van der Waals surface area contributed by atoms with E-state index in [-0.39, 0.29) is 23.8 Å². The number of oxazole rings is 1. The molecule has 5 nitrogen and oxygen atoms in total. The van der Waals surface area contributed by atoms with Gasteiger partial charge in [-0.2, -0.15) is 0 Å². The van der Waals surface area contributed by atoms with Gasteiger partial charge in [-0.15, -0.1) is 0 Å². The topological polar surface area (TPSA) is 75.4 Å². The van der Waals surface area contributed by atoms with E-state index in [0.29, 0.717) is 38.7 Å². The van der Waals surface area contributed by atoms with Crippen molar-refractivity contribution in [1.82, 2.24) is 4.98 Å². The van der Waals surface area contributed by atoms with Gasteiger partial charge in [0.05, 0.1) is 16.9 Å². The van der Waals surface area contributed by atoms with E-state index in [1.54, 1.807) is 24.4 Å². The van der Waals surface area contributed by atoms with E-state index in [0.717, 1.165) is 0 Å². The van der Waals surface area contributed by atoms with E-state index in [4.69, 9.17) is 39.2 Å². The molecule has 1 heterocycles. The fourth-order valence-electron chi connectivity index (χ4n) is 2.28. The Morgan fingerprint density at radius 2 is 1.85 bits per heavy atom. The predicted octanol–water partition coefficient (Wildman–Crippen LogP) is 5.58. The molecule has 0 saturated carbocycles. The van der Waals surface area contributed by atoms with E-state index in [1.807, 2.05) is 0 Å². The number of halogens is 3. The fraction of sp³-hybridized carbons (Fsp3) is 0.111. The number of carbonyl (C=O) groups excluding carboxylic acids is 1. The third kappa shape index (κ3) is 4.49. The van der Waals surface area contributed by atoms with Crippen LogP contribution in [-0.4, -0.2) is 16.0 Å². The first-order valence-electron chi connectivity index (χ1n) is 7.61.